The smallest absolute Gasteiger partial charge is 0.389 e. The first-order chi connectivity index (χ1) is 22.1. The number of amides is 5. The molecule has 1 aliphatic heterocycles. The molecule has 0 aromatic carbocycles. The minimum absolute atomic E-state index is 0.0989. The molecule has 1 heterocycles. The van der Waals surface area contributed by atoms with Crippen molar-refractivity contribution in [3.05, 3.63) is 0 Å². The van der Waals surface area contributed by atoms with Crippen molar-refractivity contribution in [3.8, 4) is 0 Å². The summed E-state index contributed by atoms with van der Waals surface area (Å²) in [5.41, 5.74) is 3.30. The molecule has 12 nitrogen and oxygen atoms in total. The number of nitrogens with one attached hydrogen (secondary N) is 3. The lowest BCUT2D eigenvalue weighted by molar-refractivity contribution is -0.153. The number of urea groups is 1. The van der Waals surface area contributed by atoms with Crippen LogP contribution in [0, 0.1) is 17.3 Å². The number of primary amides is 1. The molecule has 0 radical (unpaired) electrons. The molecule has 0 aliphatic carbocycles. The molecule has 0 saturated carbocycles. The van der Waals surface area contributed by atoms with Crippen LogP contribution in [0.5, 0.6) is 0 Å². The second kappa shape index (κ2) is 23.1. The van der Waals surface area contributed by atoms with Gasteiger partial charge in [-0.25, -0.2) is 4.79 Å². The molecule has 0 aromatic heterocycles. The summed E-state index contributed by atoms with van der Waals surface area (Å²) in [6.45, 7) is 26.6. The number of likely N-dealkylation sites (tertiary alicyclic amines) is 1. The number of rotatable bonds is 10. The Morgan fingerprint density at radius 2 is 1.33 bits per heavy atom. The molecule has 1 fully saturated rings. The molecule has 0 spiro atoms. The zero-order valence-electron chi connectivity index (χ0n) is 32.1. The molecule has 49 heavy (non-hydrogen) atoms. The Kier molecular flexibility index (Phi) is 23.6. The van der Waals surface area contributed by atoms with Crippen LogP contribution in [0.1, 0.15) is 123 Å². The van der Waals surface area contributed by atoms with Crippen LogP contribution in [-0.2, 0) is 28.7 Å². The van der Waals surface area contributed by atoms with Gasteiger partial charge in [0.1, 0.15) is 24.2 Å². The van der Waals surface area contributed by atoms with Crippen LogP contribution >= 0.6 is 0 Å². The highest BCUT2D eigenvalue weighted by atomic mass is 19.4. The van der Waals surface area contributed by atoms with Crippen molar-refractivity contribution in [3.63, 3.8) is 0 Å². The average Bonchev–Trinajstić information content (AvgIpc) is 3.41. The van der Waals surface area contributed by atoms with Crippen molar-refractivity contribution in [1.82, 2.24) is 20.9 Å². The molecule has 3 atom stereocenters. The number of ketones is 1. The zero-order valence-corrected chi connectivity index (χ0v) is 32.1. The van der Waals surface area contributed by atoms with Crippen LogP contribution in [0.25, 0.3) is 0 Å². The summed E-state index contributed by atoms with van der Waals surface area (Å²) in [5, 5.41) is 6.95. The maximum Gasteiger partial charge on any atom is 0.389 e. The van der Waals surface area contributed by atoms with Crippen LogP contribution in [0.2, 0.25) is 0 Å². The number of hydrogen-bond acceptors (Lipinski definition) is 7. The molecule has 288 valence electrons. The lowest BCUT2D eigenvalue weighted by Crippen LogP contribution is -2.60. The molecule has 5 amide bonds. The van der Waals surface area contributed by atoms with E-state index in [4.69, 9.17) is 10.5 Å². The molecule has 1 rings (SSSR count). The number of halogens is 3. The number of Topliss-reactive ketones (excluding diaryl/α,β-unsaturated/α-hetero) is 1. The molecule has 1 saturated heterocycles. The number of alkyl halides is 3. The van der Waals surface area contributed by atoms with E-state index in [1.54, 1.807) is 41.5 Å². The highest BCUT2D eigenvalue weighted by Gasteiger charge is 2.43. The van der Waals surface area contributed by atoms with Gasteiger partial charge >= 0.3 is 18.2 Å². The summed E-state index contributed by atoms with van der Waals surface area (Å²) in [6, 6.07) is -4.99. The van der Waals surface area contributed by atoms with Gasteiger partial charge in [0.25, 0.3) is 5.91 Å². The maximum atomic E-state index is 13.5. The Hall–Kier alpha value is -3.39. The van der Waals surface area contributed by atoms with E-state index >= 15 is 0 Å². The zero-order chi connectivity index (χ0) is 39.5. The van der Waals surface area contributed by atoms with E-state index in [0.29, 0.717) is 6.42 Å². The summed E-state index contributed by atoms with van der Waals surface area (Å²) >= 11 is 0. The van der Waals surface area contributed by atoms with E-state index in [1.165, 1.54) is 0 Å². The third kappa shape index (κ3) is 25.3. The second-order valence-corrected chi connectivity index (χ2v) is 14.8. The van der Waals surface area contributed by atoms with Crippen molar-refractivity contribution < 1.29 is 46.7 Å². The third-order valence-corrected chi connectivity index (χ3v) is 5.63. The van der Waals surface area contributed by atoms with Gasteiger partial charge < -0.3 is 31.3 Å². The van der Waals surface area contributed by atoms with E-state index in [9.17, 15) is 41.9 Å². The van der Waals surface area contributed by atoms with Crippen molar-refractivity contribution in [2.75, 3.05) is 13.1 Å². The van der Waals surface area contributed by atoms with E-state index in [-0.39, 0.29) is 13.0 Å². The Morgan fingerprint density at radius 1 is 0.857 bits per heavy atom. The number of nitrogens with zero attached hydrogens (tertiary/aromatic N) is 1. The van der Waals surface area contributed by atoms with Crippen molar-refractivity contribution in [2.45, 2.75) is 153 Å². The normalized spacial score (nSPS) is 15.6. The van der Waals surface area contributed by atoms with Crippen molar-refractivity contribution in [2.24, 2.45) is 23.0 Å². The number of esters is 1. The van der Waals surface area contributed by atoms with Crippen LogP contribution in [0.4, 0.5) is 18.0 Å². The minimum Gasteiger partial charge on any atom is -0.459 e. The van der Waals surface area contributed by atoms with Gasteiger partial charge in [-0.3, -0.25) is 24.0 Å². The lowest BCUT2D eigenvalue weighted by Gasteiger charge is -2.35. The standard InChI is InChI=1S/C24H38F3N5O7.2C4H10.C2H6/c1-22(2,3)17(31-21(38)29-12-15(33)39-23(4,5)6)20(37)32-11-7-8-14(32)19(36)30-13(16(34)18(28)35)9-10-24(25,26)27;2*1-4(2)3;1-2/h13-14,17H,7-12H2,1-6H3,(H2,28,35)(H,30,36)(H2,29,31,38);2*4H,1-3H3;1-2H3/t13?,14-,17+;;;/m0.../s1. The number of carbonyl (C=O) groups excluding carboxylic acids is 6. The third-order valence-electron chi connectivity index (χ3n) is 5.63. The predicted octanol–water partition coefficient (Wildman–Crippen LogP) is 5.27. The summed E-state index contributed by atoms with van der Waals surface area (Å²) in [6.07, 6.45) is -6.50. The van der Waals surface area contributed by atoms with Gasteiger partial charge in [-0.05, 0) is 57.3 Å². The predicted molar refractivity (Wildman–Crippen MR) is 184 cm³/mol. The van der Waals surface area contributed by atoms with Gasteiger partial charge in [0.15, 0.2) is 0 Å². The maximum absolute atomic E-state index is 13.5. The van der Waals surface area contributed by atoms with Gasteiger partial charge in [0.2, 0.25) is 17.6 Å². The number of nitrogens with two attached hydrogens (primary N) is 1. The van der Waals surface area contributed by atoms with Crippen molar-refractivity contribution >= 4 is 35.5 Å². The summed E-state index contributed by atoms with van der Waals surface area (Å²) in [7, 11) is 0. The van der Waals surface area contributed by atoms with Crippen LogP contribution in [0.3, 0.4) is 0 Å². The van der Waals surface area contributed by atoms with E-state index in [1.807, 2.05) is 13.8 Å². The molecular formula is C34H64F3N5O7. The molecule has 0 bridgehead atoms. The Bertz CT molecular complexity index is 1040. The first kappa shape index (κ1) is 50.0. The molecule has 1 aliphatic rings. The van der Waals surface area contributed by atoms with Gasteiger partial charge in [0.05, 0.1) is 6.04 Å². The van der Waals surface area contributed by atoms with Crippen LogP contribution < -0.4 is 21.7 Å². The van der Waals surface area contributed by atoms with Gasteiger partial charge in [-0.1, -0.05) is 76.2 Å². The molecule has 1 unspecified atom stereocenters. The minimum atomic E-state index is -4.65. The monoisotopic (exact) mass is 711 g/mol. The molecule has 0 aromatic rings. The highest BCUT2D eigenvalue weighted by Crippen LogP contribution is 2.27. The van der Waals surface area contributed by atoms with E-state index in [0.717, 1.165) is 16.7 Å². The van der Waals surface area contributed by atoms with E-state index < -0.39 is 90.2 Å². The highest BCUT2D eigenvalue weighted by molar-refractivity contribution is 6.37. The quantitative estimate of drug-likeness (QED) is 0.176. The van der Waals surface area contributed by atoms with Gasteiger partial charge in [0, 0.05) is 13.0 Å². The average molecular weight is 712 g/mol. The number of carbonyl (C=O) groups is 6. The van der Waals surface area contributed by atoms with Gasteiger partial charge in [-0.2, -0.15) is 13.2 Å². The Labute approximate surface area is 291 Å². The Balaban J connectivity index is -0.00000187. The van der Waals surface area contributed by atoms with Gasteiger partial charge in [-0.15, -0.1) is 0 Å². The molecule has 15 heteroatoms. The Morgan fingerprint density at radius 3 is 1.71 bits per heavy atom. The fourth-order valence-electron chi connectivity index (χ4n) is 3.85. The fourth-order valence-corrected chi connectivity index (χ4v) is 3.85. The molecule has 5 N–H and O–H groups in total. The van der Waals surface area contributed by atoms with Crippen molar-refractivity contribution in [1.29, 1.82) is 0 Å². The lowest BCUT2D eigenvalue weighted by atomic mass is 9.85. The van der Waals surface area contributed by atoms with Crippen LogP contribution in [-0.4, -0.2) is 83.4 Å². The fraction of sp³-hybridized carbons (Fsp3) is 0.824. The number of hydrogen-bond donors (Lipinski definition) is 4. The summed E-state index contributed by atoms with van der Waals surface area (Å²) in [4.78, 5) is 75.3. The van der Waals surface area contributed by atoms with E-state index in [2.05, 4.69) is 57.5 Å². The second-order valence-electron chi connectivity index (χ2n) is 14.8. The first-order valence-electron chi connectivity index (χ1n) is 16.9. The summed E-state index contributed by atoms with van der Waals surface area (Å²) in [5.74, 6) is -3.50. The topological polar surface area (TPSA) is 177 Å². The largest absolute Gasteiger partial charge is 0.459 e. The first-order valence-corrected chi connectivity index (χ1v) is 16.9. The summed E-state index contributed by atoms with van der Waals surface area (Å²) < 4.78 is 43.2. The molecular weight excluding hydrogens is 647 g/mol. The van der Waals surface area contributed by atoms with Crippen LogP contribution in [0.15, 0.2) is 0 Å². The number of ether oxygens (including phenoxy) is 1. The SMILES string of the molecule is CC.CC(C)(C)OC(=O)CNC(=O)N[C@H](C(=O)N1CCC[C@H]1C(=O)NC(CCC(F)(F)F)C(=O)C(N)=O)C(C)(C)C.CC(C)C.CC(C)C.